The molecule has 0 aromatic heterocycles. The van der Waals surface area contributed by atoms with E-state index in [-0.39, 0.29) is 21.9 Å². The van der Waals surface area contributed by atoms with Gasteiger partial charge in [-0.2, -0.15) is 0 Å². The zero-order valence-electron chi connectivity index (χ0n) is 15.9. The fourth-order valence-electron chi connectivity index (χ4n) is 2.64. The van der Waals surface area contributed by atoms with E-state index >= 15 is 0 Å². The van der Waals surface area contributed by atoms with Crippen molar-refractivity contribution in [2.45, 2.75) is 25.4 Å². The Bertz CT molecular complexity index is 994. The van der Waals surface area contributed by atoms with Gasteiger partial charge in [-0.3, -0.25) is 14.4 Å². The number of phenols is 1. The van der Waals surface area contributed by atoms with Crippen molar-refractivity contribution in [1.29, 1.82) is 0 Å². The molecule has 0 aliphatic rings. The molecule has 0 saturated carbocycles. The average Bonchev–Trinajstić information content (AvgIpc) is 2.66. The molecule has 0 spiro atoms. The van der Waals surface area contributed by atoms with Crippen molar-refractivity contribution >= 4 is 35.3 Å². The number of carbonyl (C=O) groups is 4. The second-order valence-electron chi connectivity index (χ2n) is 6.52. The normalized spacial score (nSPS) is 12.5. The lowest BCUT2D eigenvalue weighted by molar-refractivity contribution is -0.140. The first-order valence-electron chi connectivity index (χ1n) is 8.79. The van der Waals surface area contributed by atoms with Crippen LogP contribution in [0.15, 0.2) is 42.5 Å². The number of benzene rings is 2. The summed E-state index contributed by atoms with van der Waals surface area (Å²) in [6, 6.07) is 8.43. The summed E-state index contributed by atoms with van der Waals surface area (Å²) in [6.45, 7) is 1.74. The Kier molecular flexibility index (Phi) is 7.38. The van der Waals surface area contributed by atoms with Crippen molar-refractivity contribution in [3.63, 3.8) is 0 Å². The van der Waals surface area contributed by atoms with E-state index in [0.29, 0.717) is 5.56 Å². The van der Waals surface area contributed by atoms with E-state index in [1.165, 1.54) is 30.3 Å². The van der Waals surface area contributed by atoms with Gasteiger partial charge in [0.15, 0.2) is 0 Å². The highest BCUT2D eigenvalue weighted by atomic mass is 35.5. The van der Waals surface area contributed by atoms with Gasteiger partial charge in [0, 0.05) is 5.56 Å². The van der Waals surface area contributed by atoms with E-state index in [4.69, 9.17) is 22.4 Å². The first-order chi connectivity index (χ1) is 14.1. The van der Waals surface area contributed by atoms with Crippen molar-refractivity contribution in [2.24, 2.45) is 5.73 Å². The molecule has 3 amide bonds. The molecule has 0 aliphatic heterocycles. The fourth-order valence-corrected chi connectivity index (χ4v) is 2.90. The molecule has 158 valence electrons. The van der Waals surface area contributed by atoms with Crippen LogP contribution in [0.4, 0.5) is 0 Å². The Morgan fingerprint density at radius 2 is 1.77 bits per heavy atom. The van der Waals surface area contributed by atoms with E-state index in [0.717, 1.165) is 0 Å². The van der Waals surface area contributed by atoms with Crippen LogP contribution in [0, 0.1) is 0 Å². The Morgan fingerprint density at radius 1 is 1.07 bits per heavy atom. The summed E-state index contributed by atoms with van der Waals surface area (Å²) in [7, 11) is 0. The minimum Gasteiger partial charge on any atom is -0.508 e. The van der Waals surface area contributed by atoms with Crippen LogP contribution in [0.2, 0.25) is 5.02 Å². The number of nitrogens with one attached hydrogen (secondary N) is 2. The van der Waals surface area contributed by atoms with Crippen molar-refractivity contribution in [2.75, 3.05) is 0 Å². The largest absolute Gasteiger partial charge is 0.508 e. The molecule has 2 atom stereocenters. The van der Waals surface area contributed by atoms with Gasteiger partial charge in [-0.15, -0.1) is 0 Å². The second-order valence-corrected chi connectivity index (χ2v) is 6.93. The summed E-state index contributed by atoms with van der Waals surface area (Å²) >= 11 is 6.10. The predicted octanol–water partition coefficient (Wildman–Crippen LogP) is 1.60. The SMILES string of the molecule is CC(NC(=O)c1ccc(C(=O)N[C@@H](CC(N)=O)C(=O)O)c(Cl)c1)c1cccc(O)c1. The Morgan fingerprint density at radius 3 is 2.33 bits per heavy atom. The van der Waals surface area contributed by atoms with Crippen molar-refractivity contribution < 1.29 is 29.4 Å². The van der Waals surface area contributed by atoms with Crippen LogP contribution in [0.1, 0.15) is 45.7 Å². The minimum absolute atomic E-state index is 0.0648. The van der Waals surface area contributed by atoms with E-state index in [1.807, 2.05) is 0 Å². The molecule has 6 N–H and O–H groups in total. The summed E-state index contributed by atoms with van der Waals surface area (Å²) < 4.78 is 0. The van der Waals surface area contributed by atoms with Gasteiger partial charge in [-0.05, 0) is 42.8 Å². The number of carboxylic acids is 1. The van der Waals surface area contributed by atoms with Gasteiger partial charge >= 0.3 is 5.97 Å². The van der Waals surface area contributed by atoms with E-state index < -0.39 is 42.2 Å². The molecule has 0 bridgehead atoms. The van der Waals surface area contributed by atoms with Crippen LogP contribution in [0.5, 0.6) is 5.75 Å². The van der Waals surface area contributed by atoms with Gasteiger partial charge in [-0.25, -0.2) is 4.79 Å². The molecule has 0 heterocycles. The lowest BCUT2D eigenvalue weighted by atomic mass is 10.1. The van der Waals surface area contributed by atoms with Crippen LogP contribution in [-0.4, -0.2) is 39.9 Å². The lowest BCUT2D eigenvalue weighted by Gasteiger charge is -2.16. The van der Waals surface area contributed by atoms with Gasteiger partial charge in [0.05, 0.1) is 23.0 Å². The lowest BCUT2D eigenvalue weighted by Crippen LogP contribution is -2.43. The molecule has 0 fully saturated rings. The first kappa shape index (κ1) is 22.7. The molecule has 2 aromatic carbocycles. The number of carbonyl (C=O) groups excluding carboxylic acids is 3. The quantitative estimate of drug-likeness (QED) is 0.425. The molecule has 0 saturated heterocycles. The maximum absolute atomic E-state index is 12.5. The zero-order chi connectivity index (χ0) is 22.4. The summed E-state index contributed by atoms with van der Waals surface area (Å²) in [5, 5.41) is 23.5. The van der Waals surface area contributed by atoms with Gasteiger partial charge in [0.1, 0.15) is 11.8 Å². The Labute approximate surface area is 176 Å². The topological polar surface area (TPSA) is 159 Å². The average molecular weight is 434 g/mol. The monoisotopic (exact) mass is 433 g/mol. The maximum atomic E-state index is 12.5. The van der Waals surface area contributed by atoms with Gasteiger partial charge in [0.2, 0.25) is 5.91 Å². The summed E-state index contributed by atoms with van der Waals surface area (Å²) in [4.78, 5) is 46.9. The molecule has 1 unspecified atom stereocenters. The predicted molar refractivity (Wildman–Crippen MR) is 108 cm³/mol. The summed E-state index contributed by atoms with van der Waals surface area (Å²) in [5.41, 5.74) is 5.79. The summed E-state index contributed by atoms with van der Waals surface area (Å²) in [5.74, 6) is -3.52. The van der Waals surface area contributed by atoms with Gasteiger partial charge in [-0.1, -0.05) is 23.7 Å². The van der Waals surface area contributed by atoms with Crippen LogP contribution >= 0.6 is 11.6 Å². The van der Waals surface area contributed by atoms with E-state index in [2.05, 4.69) is 10.6 Å². The molecule has 9 nitrogen and oxygen atoms in total. The molecule has 2 rings (SSSR count). The molecular weight excluding hydrogens is 414 g/mol. The Hall–Kier alpha value is -3.59. The summed E-state index contributed by atoms with van der Waals surface area (Å²) in [6.07, 6.45) is -0.577. The van der Waals surface area contributed by atoms with E-state index in [1.54, 1.807) is 19.1 Å². The van der Waals surface area contributed by atoms with Crippen LogP contribution in [0.25, 0.3) is 0 Å². The smallest absolute Gasteiger partial charge is 0.326 e. The number of carboxylic acid groups (broad SMARTS) is 1. The van der Waals surface area contributed by atoms with Crippen LogP contribution in [0.3, 0.4) is 0 Å². The van der Waals surface area contributed by atoms with E-state index in [9.17, 15) is 24.3 Å². The molecule has 10 heteroatoms. The number of halogens is 1. The van der Waals surface area contributed by atoms with Gasteiger partial charge in [0.25, 0.3) is 11.8 Å². The number of hydrogen-bond acceptors (Lipinski definition) is 5. The maximum Gasteiger partial charge on any atom is 0.326 e. The molecule has 0 radical (unpaired) electrons. The minimum atomic E-state index is -1.50. The first-order valence-corrected chi connectivity index (χ1v) is 9.17. The third kappa shape index (κ3) is 5.95. The number of aromatic hydroxyl groups is 1. The van der Waals surface area contributed by atoms with Gasteiger partial charge < -0.3 is 26.6 Å². The van der Waals surface area contributed by atoms with Crippen LogP contribution < -0.4 is 16.4 Å². The van der Waals surface area contributed by atoms with Crippen LogP contribution in [-0.2, 0) is 9.59 Å². The molecule has 30 heavy (non-hydrogen) atoms. The number of aliphatic carboxylic acids is 1. The number of rotatable bonds is 8. The highest BCUT2D eigenvalue weighted by Crippen LogP contribution is 2.21. The Balaban J connectivity index is 2.11. The zero-order valence-corrected chi connectivity index (χ0v) is 16.6. The molecule has 0 aliphatic carbocycles. The third-order valence-corrected chi connectivity index (χ3v) is 4.52. The number of hydrogen-bond donors (Lipinski definition) is 5. The van der Waals surface area contributed by atoms with Crippen molar-refractivity contribution in [3.8, 4) is 5.75 Å². The number of primary amides is 1. The third-order valence-electron chi connectivity index (χ3n) is 4.20. The highest BCUT2D eigenvalue weighted by molar-refractivity contribution is 6.34. The number of amides is 3. The fraction of sp³-hybridized carbons (Fsp3) is 0.200. The standard InChI is InChI=1S/C20H20ClN3O6/c1-10(11-3-2-4-13(25)7-11)23-18(27)12-5-6-14(15(21)8-12)19(28)24-16(20(29)30)9-17(22)26/h2-8,10,16,25H,9H2,1H3,(H2,22,26)(H,23,27)(H,24,28)(H,29,30)/t10?,16-/m0/s1. The molecule has 2 aromatic rings. The number of nitrogens with two attached hydrogens (primary N) is 1. The molecular formula is C20H20ClN3O6. The highest BCUT2D eigenvalue weighted by Gasteiger charge is 2.24. The number of phenolic OH excluding ortho intramolecular Hbond substituents is 1. The van der Waals surface area contributed by atoms with Crippen molar-refractivity contribution in [3.05, 3.63) is 64.2 Å². The van der Waals surface area contributed by atoms with Crippen molar-refractivity contribution in [1.82, 2.24) is 10.6 Å². The second kappa shape index (κ2) is 9.75.